The van der Waals surface area contributed by atoms with Gasteiger partial charge in [0.25, 0.3) is 0 Å². The maximum absolute atomic E-state index is 13.1. The molecule has 0 saturated carbocycles. The number of hydrogen-bond acceptors (Lipinski definition) is 4. The monoisotopic (exact) mass is 390 g/mol. The van der Waals surface area contributed by atoms with Gasteiger partial charge in [-0.2, -0.15) is 0 Å². The minimum Gasteiger partial charge on any atom is -0.324 e. The predicted molar refractivity (Wildman–Crippen MR) is 102 cm³/mol. The number of rotatable bonds is 5. The van der Waals surface area contributed by atoms with Crippen molar-refractivity contribution in [3.63, 3.8) is 0 Å². The molecule has 0 saturated heterocycles. The quantitative estimate of drug-likeness (QED) is 0.656. The van der Waals surface area contributed by atoms with Crippen molar-refractivity contribution in [2.75, 3.05) is 5.32 Å². The summed E-state index contributed by atoms with van der Waals surface area (Å²) in [6.07, 6.45) is 0. The molecule has 2 aromatic carbocycles. The standard InChI is InChI=1S/C18H16ClFN4OS/c1-11(17(25)21-15-6-4-3-5-14(15)19)26-18-23-22-16(24(18)2)12-7-9-13(20)10-8-12/h3-11H,1-2H3,(H,21,25)/t11-/m1/s1. The fourth-order valence-corrected chi connectivity index (χ4v) is 3.27. The first-order chi connectivity index (χ1) is 12.5. The molecule has 1 amide bonds. The molecule has 0 spiro atoms. The zero-order chi connectivity index (χ0) is 18.7. The minimum absolute atomic E-state index is 0.186. The van der Waals surface area contributed by atoms with Crippen LogP contribution < -0.4 is 5.32 Å². The third kappa shape index (κ3) is 4.05. The van der Waals surface area contributed by atoms with Gasteiger partial charge in [-0.3, -0.25) is 4.79 Å². The lowest BCUT2D eigenvalue weighted by molar-refractivity contribution is -0.115. The highest BCUT2D eigenvalue weighted by atomic mass is 35.5. The Morgan fingerprint density at radius 3 is 2.58 bits per heavy atom. The number of hydrogen-bond donors (Lipinski definition) is 1. The van der Waals surface area contributed by atoms with Gasteiger partial charge in [0, 0.05) is 12.6 Å². The van der Waals surface area contributed by atoms with Crippen molar-refractivity contribution in [2.24, 2.45) is 7.05 Å². The van der Waals surface area contributed by atoms with Gasteiger partial charge in [0.1, 0.15) is 5.82 Å². The van der Waals surface area contributed by atoms with E-state index in [2.05, 4.69) is 15.5 Å². The molecule has 0 aliphatic heterocycles. The van der Waals surface area contributed by atoms with Gasteiger partial charge < -0.3 is 9.88 Å². The van der Waals surface area contributed by atoms with E-state index >= 15 is 0 Å². The molecule has 1 aromatic heterocycles. The van der Waals surface area contributed by atoms with Crippen LogP contribution in [-0.2, 0) is 11.8 Å². The first-order valence-corrected chi connectivity index (χ1v) is 9.09. The molecular weight excluding hydrogens is 375 g/mol. The summed E-state index contributed by atoms with van der Waals surface area (Å²) in [6.45, 7) is 1.78. The van der Waals surface area contributed by atoms with Crippen LogP contribution in [0.15, 0.2) is 53.7 Å². The Hall–Kier alpha value is -2.38. The number of para-hydroxylation sites is 1. The Balaban J connectivity index is 1.71. The molecule has 134 valence electrons. The molecule has 8 heteroatoms. The number of thioether (sulfide) groups is 1. The maximum Gasteiger partial charge on any atom is 0.237 e. The van der Waals surface area contributed by atoms with E-state index in [1.807, 2.05) is 0 Å². The lowest BCUT2D eigenvalue weighted by Gasteiger charge is -2.12. The molecule has 3 rings (SSSR count). The molecule has 1 N–H and O–H groups in total. The number of nitrogens with zero attached hydrogens (tertiary/aromatic N) is 3. The Labute approximate surface area is 159 Å². The van der Waals surface area contributed by atoms with Crippen molar-refractivity contribution in [1.29, 1.82) is 0 Å². The Morgan fingerprint density at radius 2 is 1.88 bits per heavy atom. The highest BCUT2D eigenvalue weighted by Crippen LogP contribution is 2.27. The Bertz CT molecular complexity index is 929. The minimum atomic E-state index is -0.407. The summed E-state index contributed by atoms with van der Waals surface area (Å²) in [5.41, 5.74) is 1.32. The second-order valence-electron chi connectivity index (χ2n) is 5.60. The second-order valence-corrected chi connectivity index (χ2v) is 7.32. The largest absolute Gasteiger partial charge is 0.324 e. The van der Waals surface area contributed by atoms with Gasteiger partial charge in [-0.1, -0.05) is 35.5 Å². The van der Waals surface area contributed by atoms with Gasteiger partial charge in [-0.05, 0) is 43.3 Å². The lowest BCUT2D eigenvalue weighted by atomic mass is 10.2. The molecule has 0 bridgehead atoms. The topological polar surface area (TPSA) is 59.8 Å². The molecule has 0 aliphatic rings. The summed E-state index contributed by atoms with van der Waals surface area (Å²) < 4.78 is 14.9. The van der Waals surface area contributed by atoms with E-state index < -0.39 is 5.25 Å². The molecule has 0 unspecified atom stereocenters. The van der Waals surface area contributed by atoms with Crippen LogP contribution in [0.1, 0.15) is 6.92 Å². The summed E-state index contributed by atoms with van der Waals surface area (Å²) in [6, 6.07) is 13.1. The van der Waals surface area contributed by atoms with Crippen molar-refractivity contribution < 1.29 is 9.18 Å². The van der Waals surface area contributed by atoms with Crippen LogP contribution >= 0.6 is 23.4 Å². The zero-order valence-electron chi connectivity index (χ0n) is 14.1. The Kier molecular flexibility index (Phi) is 5.58. The van der Waals surface area contributed by atoms with Crippen LogP contribution in [0.4, 0.5) is 10.1 Å². The molecule has 0 radical (unpaired) electrons. The van der Waals surface area contributed by atoms with Crippen molar-refractivity contribution >= 4 is 35.0 Å². The van der Waals surface area contributed by atoms with Gasteiger partial charge in [0.15, 0.2) is 11.0 Å². The third-order valence-electron chi connectivity index (χ3n) is 3.72. The van der Waals surface area contributed by atoms with Crippen LogP contribution in [0.2, 0.25) is 5.02 Å². The van der Waals surface area contributed by atoms with E-state index in [-0.39, 0.29) is 11.7 Å². The summed E-state index contributed by atoms with van der Waals surface area (Å²) in [7, 11) is 1.81. The third-order valence-corrected chi connectivity index (χ3v) is 5.18. The molecule has 3 aromatic rings. The van der Waals surface area contributed by atoms with Crippen LogP contribution in [0.3, 0.4) is 0 Å². The highest BCUT2D eigenvalue weighted by molar-refractivity contribution is 8.00. The molecule has 1 atom stereocenters. The van der Waals surface area contributed by atoms with Gasteiger partial charge in [0.2, 0.25) is 5.91 Å². The summed E-state index contributed by atoms with van der Waals surface area (Å²) >= 11 is 7.35. The second kappa shape index (κ2) is 7.88. The van der Waals surface area contributed by atoms with E-state index in [1.165, 1.54) is 23.9 Å². The number of amides is 1. The molecule has 0 fully saturated rings. The van der Waals surface area contributed by atoms with E-state index in [0.717, 1.165) is 5.56 Å². The lowest BCUT2D eigenvalue weighted by Crippen LogP contribution is -2.23. The van der Waals surface area contributed by atoms with E-state index in [1.54, 1.807) is 54.9 Å². The van der Waals surface area contributed by atoms with Crippen LogP contribution in [-0.4, -0.2) is 25.9 Å². The van der Waals surface area contributed by atoms with Crippen molar-refractivity contribution in [2.45, 2.75) is 17.3 Å². The van der Waals surface area contributed by atoms with Crippen LogP contribution in [0.25, 0.3) is 11.4 Å². The fraction of sp³-hybridized carbons (Fsp3) is 0.167. The number of benzene rings is 2. The molecular formula is C18H16ClFN4OS. The van der Waals surface area contributed by atoms with Crippen LogP contribution in [0.5, 0.6) is 0 Å². The maximum atomic E-state index is 13.1. The zero-order valence-corrected chi connectivity index (χ0v) is 15.7. The average Bonchev–Trinajstić information content (AvgIpc) is 2.98. The average molecular weight is 391 g/mol. The molecule has 5 nitrogen and oxygen atoms in total. The summed E-state index contributed by atoms with van der Waals surface area (Å²) in [5, 5.41) is 11.7. The van der Waals surface area contributed by atoms with Gasteiger partial charge in [-0.25, -0.2) is 4.39 Å². The van der Waals surface area contributed by atoms with E-state index in [4.69, 9.17) is 11.6 Å². The highest BCUT2D eigenvalue weighted by Gasteiger charge is 2.20. The Morgan fingerprint density at radius 1 is 1.19 bits per heavy atom. The van der Waals surface area contributed by atoms with Gasteiger partial charge >= 0.3 is 0 Å². The SMILES string of the molecule is C[C@@H](Sc1nnc(-c2ccc(F)cc2)n1C)C(=O)Nc1ccccc1Cl. The van der Waals surface area contributed by atoms with Gasteiger partial charge in [0.05, 0.1) is 16.0 Å². The molecule has 0 aliphatic carbocycles. The number of nitrogens with one attached hydrogen (secondary N) is 1. The smallest absolute Gasteiger partial charge is 0.237 e. The normalized spacial score (nSPS) is 12.0. The number of carbonyl (C=O) groups excluding carboxylic acids is 1. The first-order valence-electron chi connectivity index (χ1n) is 7.83. The van der Waals surface area contributed by atoms with Gasteiger partial charge in [-0.15, -0.1) is 10.2 Å². The van der Waals surface area contributed by atoms with Crippen molar-refractivity contribution in [3.8, 4) is 11.4 Å². The predicted octanol–water partition coefficient (Wildman–Crippen LogP) is 4.39. The fourth-order valence-electron chi connectivity index (χ4n) is 2.28. The van der Waals surface area contributed by atoms with Crippen LogP contribution in [0, 0.1) is 5.82 Å². The first kappa shape index (κ1) is 18.4. The number of aromatic nitrogens is 3. The number of halogens is 2. The van der Waals surface area contributed by atoms with E-state index in [0.29, 0.717) is 21.7 Å². The summed E-state index contributed by atoms with van der Waals surface area (Å²) in [4.78, 5) is 12.4. The van der Waals surface area contributed by atoms with Crippen molar-refractivity contribution in [3.05, 3.63) is 59.4 Å². The number of anilines is 1. The summed E-state index contributed by atoms with van der Waals surface area (Å²) in [5.74, 6) is 0.107. The van der Waals surface area contributed by atoms with E-state index in [9.17, 15) is 9.18 Å². The molecule has 26 heavy (non-hydrogen) atoms. The number of carbonyl (C=O) groups is 1. The van der Waals surface area contributed by atoms with Crippen molar-refractivity contribution in [1.82, 2.24) is 14.8 Å². The molecule has 1 heterocycles.